The number of aryl methyl sites for hydroxylation is 1. The van der Waals surface area contributed by atoms with E-state index in [-0.39, 0.29) is 17.3 Å². The SMILES string of the molecule is Cc1nc(C(=NC2CCC(N(C)C)CC2)C(=N)C2CCCCC2Cl)n[nH]1. The second-order valence-corrected chi connectivity index (χ2v) is 8.53. The first-order valence-electron chi connectivity index (χ1n) is 9.82. The fourth-order valence-corrected chi connectivity index (χ4v) is 4.58. The van der Waals surface area contributed by atoms with Gasteiger partial charge in [0.2, 0.25) is 5.82 Å². The van der Waals surface area contributed by atoms with E-state index < -0.39 is 0 Å². The van der Waals surface area contributed by atoms with Crippen LogP contribution in [0.15, 0.2) is 4.99 Å². The van der Waals surface area contributed by atoms with Crippen molar-refractivity contribution in [3.8, 4) is 0 Å². The Kier molecular flexibility index (Phi) is 6.46. The van der Waals surface area contributed by atoms with E-state index in [1.807, 2.05) is 6.92 Å². The first-order valence-corrected chi connectivity index (χ1v) is 10.3. The van der Waals surface area contributed by atoms with E-state index in [1.165, 1.54) is 0 Å². The molecule has 0 amide bonds. The van der Waals surface area contributed by atoms with Crippen LogP contribution in [0, 0.1) is 18.3 Å². The highest BCUT2D eigenvalue weighted by Crippen LogP contribution is 2.31. The maximum absolute atomic E-state index is 8.83. The van der Waals surface area contributed by atoms with Crippen LogP contribution in [0.5, 0.6) is 0 Å². The second-order valence-electron chi connectivity index (χ2n) is 7.97. The molecule has 2 aliphatic carbocycles. The van der Waals surface area contributed by atoms with Crippen LogP contribution in [0.3, 0.4) is 0 Å². The zero-order chi connectivity index (χ0) is 18.7. The largest absolute Gasteiger partial charge is 0.306 e. The highest BCUT2D eigenvalue weighted by molar-refractivity contribution is 6.48. The van der Waals surface area contributed by atoms with Crippen molar-refractivity contribution in [2.24, 2.45) is 10.9 Å². The van der Waals surface area contributed by atoms with Crippen molar-refractivity contribution >= 4 is 23.0 Å². The zero-order valence-electron chi connectivity index (χ0n) is 16.1. The molecule has 144 valence electrons. The lowest BCUT2D eigenvalue weighted by molar-refractivity contribution is 0.218. The van der Waals surface area contributed by atoms with Crippen LogP contribution < -0.4 is 0 Å². The molecular weight excluding hydrogens is 348 g/mol. The van der Waals surface area contributed by atoms with E-state index in [4.69, 9.17) is 22.0 Å². The molecule has 0 saturated heterocycles. The van der Waals surface area contributed by atoms with Crippen molar-refractivity contribution in [3.05, 3.63) is 11.6 Å². The third kappa shape index (κ3) is 4.52. The average Bonchev–Trinajstić information content (AvgIpc) is 3.06. The second kappa shape index (κ2) is 8.61. The number of nitrogens with zero attached hydrogens (tertiary/aromatic N) is 4. The molecule has 0 aromatic carbocycles. The normalized spacial score (nSPS) is 30.6. The molecule has 2 fully saturated rings. The molecule has 2 saturated carbocycles. The number of nitrogens with one attached hydrogen (secondary N) is 2. The molecule has 2 atom stereocenters. The summed E-state index contributed by atoms with van der Waals surface area (Å²) in [6, 6.07) is 0.887. The number of alkyl halides is 1. The first-order chi connectivity index (χ1) is 12.5. The Bertz CT molecular complexity index is 644. The molecule has 6 nitrogen and oxygen atoms in total. The van der Waals surface area contributed by atoms with Gasteiger partial charge < -0.3 is 10.3 Å². The van der Waals surface area contributed by atoms with Crippen LogP contribution in [0.25, 0.3) is 0 Å². The molecular formula is C19H31ClN6. The van der Waals surface area contributed by atoms with E-state index in [9.17, 15) is 0 Å². The molecule has 2 N–H and O–H groups in total. The molecule has 1 heterocycles. The highest BCUT2D eigenvalue weighted by Gasteiger charge is 2.32. The lowest BCUT2D eigenvalue weighted by Crippen LogP contribution is -2.36. The molecule has 0 spiro atoms. The number of halogens is 1. The highest BCUT2D eigenvalue weighted by atomic mass is 35.5. The van der Waals surface area contributed by atoms with Crippen molar-refractivity contribution < 1.29 is 0 Å². The lowest BCUT2D eigenvalue weighted by Gasteiger charge is -2.32. The number of aromatic amines is 1. The summed E-state index contributed by atoms with van der Waals surface area (Å²) in [5.41, 5.74) is 1.18. The summed E-state index contributed by atoms with van der Waals surface area (Å²) in [6.45, 7) is 1.88. The van der Waals surface area contributed by atoms with E-state index in [0.717, 1.165) is 57.2 Å². The Morgan fingerprint density at radius 1 is 1.15 bits per heavy atom. The first kappa shape index (κ1) is 19.5. The van der Waals surface area contributed by atoms with Crippen molar-refractivity contribution in [3.63, 3.8) is 0 Å². The van der Waals surface area contributed by atoms with Gasteiger partial charge in [0.1, 0.15) is 11.5 Å². The van der Waals surface area contributed by atoms with Crippen molar-refractivity contribution in [1.82, 2.24) is 20.1 Å². The van der Waals surface area contributed by atoms with Gasteiger partial charge in [-0.3, -0.25) is 10.1 Å². The number of H-pyrrole nitrogens is 1. The molecule has 1 aromatic heterocycles. The van der Waals surface area contributed by atoms with Gasteiger partial charge in [0.05, 0.1) is 11.8 Å². The summed E-state index contributed by atoms with van der Waals surface area (Å²) < 4.78 is 0. The van der Waals surface area contributed by atoms with Crippen LogP contribution in [0.1, 0.15) is 63.0 Å². The molecule has 0 bridgehead atoms. The predicted octanol–water partition coefficient (Wildman–Crippen LogP) is 3.59. The van der Waals surface area contributed by atoms with Crippen LogP contribution in [0.4, 0.5) is 0 Å². The van der Waals surface area contributed by atoms with Gasteiger partial charge in [-0.05, 0) is 59.5 Å². The minimum Gasteiger partial charge on any atom is -0.306 e. The maximum Gasteiger partial charge on any atom is 0.201 e. The van der Waals surface area contributed by atoms with Crippen LogP contribution in [-0.2, 0) is 0 Å². The Balaban J connectivity index is 1.81. The number of aliphatic imine (C=N–C) groups is 1. The monoisotopic (exact) mass is 378 g/mol. The topological polar surface area (TPSA) is 81.0 Å². The molecule has 1 aromatic rings. The average molecular weight is 379 g/mol. The van der Waals surface area contributed by atoms with Gasteiger partial charge in [-0.25, -0.2) is 4.98 Å². The fourth-order valence-electron chi connectivity index (χ4n) is 4.17. The molecule has 0 radical (unpaired) electrons. The van der Waals surface area contributed by atoms with Gasteiger partial charge in [0.15, 0.2) is 0 Å². The van der Waals surface area contributed by atoms with Gasteiger partial charge in [0.25, 0.3) is 0 Å². The van der Waals surface area contributed by atoms with E-state index in [2.05, 4.69) is 34.2 Å². The minimum absolute atomic E-state index is 0.0194. The quantitative estimate of drug-likeness (QED) is 0.606. The van der Waals surface area contributed by atoms with E-state index in [0.29, 0.717) is 23.3 Å². The van der Waals surface area contributed by atoms with Crippen LogP contribution >= 0.6 is 11.6 Å². The maximum atomic E-state index is 8.83. The third-order valence-electron chi connectivity index (χ3n) is 5.82. The summed E-state index contributed by atoms with van der Waals surface area (Å²) in [7, 11) is 4.30. The Morgan fingerprint density at radius 3 is 2.42 bits per heavy atom. The molecule has 7 heteroatoms. The molecule has 2 aliphatic rings. The number of hydrogen-bond donors (Lipinski definition) is 2. The third-order valence-corrected chi connectivity index (χ3v) is 6.35. The summed E-state index contributed by atoms with van der Waals surface area (Å²) in [4.78, 5) is 11.8. The lowest BCUT2D eigenvalue weighted by atomic mass is 9.83. The Hall–Kier alpha value is -1.27. The van der Waals surface area contributed by atoms with Gasteiger partial charge in [0, 0.05) is 17.3 Å². The summed E-state index contributed by atoms with van der Waals surface area (Å²) in [6.07, 6.45) is 8.62. The van der Waals surface area contributed by atoms with Gasteiger partial charge in [-0.2, -0.15) is 5.10 Å². The molecule has 0 aliphatic heterocycles. The van der Waals surface area contributed by atoms with E-state index >= 15 is 0 Å². The smallest absolute Gasteiger partial charge is 0.201 e. The van der Waals surface area contributed by atoms with Crippen molar-refractivity contribution in [1.29, 1.82) is 5.41 Å². The standard InChI is InChI=1S/C19H31ClN6/c1-12-22-19(25-24-12)18(17(21)15-6-4-5-7-16(15)20)23-13-8-10-14(11-9-13)26(2)3/h13-16,21H,4-11H2,1-3H3,(H,22,24,25). The number of hydrogen-bond acceptors (Lipinski definition) is 5. The zero-order valence-corrected chi connectivity index (χ0v) is 16.9. The van der Waals surface area contributed by atoms with Gasteiger partial charge in [-0.1, -0.05) is 12.8 Å². The summed E-state index contributed by atoms with van der Waals surface area (Å²) in [5, 5.41) is 16.1. The predicted molar refractivity (Wildman–Crippen MR) is 107 cm³/mol. The van der Waals surface area contributed by atoms with Crippen molar-refractivity contribution in [2.45, 2.75) is 75.8 Å². The molecule has 26 heavy (non-hydrogen) atoms. The number of aromatic nitrogens is 3. The van der Waals surface area contributed by atoms with Gasteiger partial charge in [-0.15, -0.1) is 11.6 Å². The van der Waals surface area contributed by atoms with E-state index in [1.54, 1.807) is 0 Å². The van der Waals surface area contributed by atoms with Gasteiger partial charge >= 0.3 is 0 Å². The fraction of sp³-hybridized carbons (Fsp3) is 0.789. The number of rotatable bonds is 5. The summed E-state index contributed by atoms with van der Waals surface area (Å²) >= 11 is 6.56. The summed E-state index contributed by atoms with van der Waals surface area (Å²) in [5.74, 6) is 1.36. The van der Waals surface area contributed by atoms with Crippen LogP contribution in [0.2, 0.25) is 0 Å². The molecule has 3 rings (SSSR count). The Labute approximate surface area is 161 Å². The van der Waals surface area contributed by atoms with Crippen molar-refractivity contribution in [2.75, 3.05) is 14.1 Å². The van der Waals surface area contributed by atoms with Crippen LogP contribution in [-0.4, -0.2) is 63.1 Å². The molecule has 2 unspecified atom stereocenters. The Morgan fingerprint density at radius 2 is 1.85 bits per heavy atom. The minimum atomic E-state index is 0.0194.